The molecule has 30 heavy (non-hydrogen) atoms. The van der Waals surface area contributed by atoms with Crippen LogP contribution >= 0.6 is 0 Å². The summed E-state index contributed by atoms with van der Waals surface area (Å²) in [6.45, 7) is 5.68. The van der Waals surface area contributed by atoms with Crippen molar-refractivity contribution in [3.63, 3.8) is 0 Å². The molecule has 0 saturated carbocycles. The van der Waals surface area contributed by atoms with Crippen LogP contribution in [0.25, 0.3) is 0 Å². The lowest BCUT2D eigenvalue weighted by Gasteiger charge is -2.34. The van der Waals surface area contributed by atoms with E-state index in [1.807, 2.05) is 30.0 Å². The Labute approximate surface area is 176 Å². The van der Waals surface area contributed by atoms with Gasteiger partial charge in [0.2, 0.25) is 11.8 Å². The minimum atomic E-state index is -0.545. The molecular formula is C23H28FN3O3. The lowest BCUT2D eigenvalue weighted by molar-refractivity contribution is -0.134. The normalized spacial score (nSPS) is 16.8. The van der Waals surface area contributed by atoms with Crippen molar-refractivity contribution in [2.75, 3.05) is 20.2 Å². The Bertz CT molecular complexity index is 932. The average molecular weight is 413 g/mol. The molecule has 1 aliphatic heterocycles. The zero-order valence-electron chi connectivity index (χ0n) is 17.6. The van der Waals surface area contributed by atoms with E-state index in [0.717, 1.165) is 16.9 Å². The van der Waals surface area contributed by atoms with Gasteiger partial charge in [-0.3, -0.25) is 14.5 Å². The van der Waals surface area contributed by atoms with Crippen LogP contribution in [0, 0.1) is 19.7 Å². The van der Waals surface area contributed by atoms with E-state index >= 15 is 0 Å². The number of halogens is 1. The highest BCUT2D eigenvalue weighted by Gasteiger charge is 2.31. The maximum Gasteiger partial charge on any atom is 0.237 e. The summed E-state index contributed by atoms with van der Waals surface area (Å²) in [4.78, 5) is 27.0. The molecule has 0 radical (unpaired) electrons. The largest absolute Gasteiger partial charge is 0.496 e. The predicted molar refractivity (Wildman–Crippen MR) is 113 cm³/mol. The third-order valence-corrected chi connectivity index (χ3v) is 5.39. The van der Waals surface area contributed by atoms with Crippen molar-refractivity contribution in [1.82, 2.24) is 15.5 Å². The SMILES string of the molecule is COc1ccc(CN2CCNC(=O)C2CC(=O)NCc2ccc(C)c(F)c2)cc1C. The van der Waals surface area contributed by atoms with Gasteiger partial charge in [-0.1, -0.05) is 24.3 Å². The third kappa shape index (κ3) is 5.36. The fraction of sp³-hybridized carbons (Fsp3) is 0.391. The minimum absolute atomic E-state index is 0.0509. The van der Waals surface area contributed by atoms with Gasteiger partial charge in [0.05, 0.1) is 19.6 Å². The summed E-state index contributed by atoms with van der Waals surface area (Å²) in [5.74, 6) is 0.130. The Balaban J connectivity index is 1.62. The number of aryl methyl sites for hydroxylation is 2. The Morgan fingerprint density at radius 2 is 1.97 bits per heavy atom. The highest BCUT2D eigenvalue weighted by atomic mass is 19.1. The van der Waals surface area contributed by atoms with Crippen LogP contribution in [0.5, 0.6) is 5.75 Å². The molecule has 2 N–H and O–H groups in total. The molecule has 2 aromatic carbocycles. The van der Waals surface area contributed by atoms with Crippen LogP contribution < -0.4 is 15.4 Å². The number of ether oxygens (including phenoxy) is 1. The second-order valence-electron chi connectivity index (χ2n) is 7.65. The number of amides is 2. The molecule has 1 heterocycles. The van der Waals surface area contributed by atoms with Gasteiger partial charge in [0.1, 0.15) is 11.6 Å². The van der Waals surface area contributed by atoms with Crippen LogP contribution in [-0.4, -0.2) is 43.0 Å². The van der Waals surface area contributed by atoms with E-state index in [2.05, 4.69) is 10.6 Å². The van der Waals surface area contributed by atoms with Crippen molar-refractivity contribution in [3.05, 3.63) is 64.5 Å². The molecule has 1 fully saturated rings. The van der Waals surface area contributed by atoms with Gasteiger partial charge in [0, 0.05) is 26.2 Å². The molecule has 2 aromatic rings. The molecule has 6 nitrogen and oxygen atoms in total. The molecule has 0 aromatic heterocycles. The van der Waals surface area contributed by atoms with Gasteiger partial charge >= 0.3 is 0 Å². The van der Waals surface area contributed by atoms with Crippen molar-refractivity contribution in [1.29, 1.82) is 0 Å². The number of carbonyl (C=O) groups is 2. The summed E-state index contributed by atoms with van der Waals surface area (Å²) < 4.78 is 19.0. The molecule has 0 bridgehead atoms. The zero-order valence-corrected chi connectivity index (χ0v) is 17.6. The first-order chi connectivity index (χ1) is 14.4. The number of carbonyl (C=O) groups excluding carboxylic acids is 2. The van der Waals surface area contributed by atoms with Gasteiger partial charge in [-0.15, -0.1) is 0 Å². The predicted octanol–water partition coefficient (Wildman–Crippen LogP) is 2.46. The second-order valence-corrected chi connectivity index (χ2v) is 7.65. The first kappa shape index (κ1) is 21.8. The minimum Gasteiger partial charge on any atom is -0.496 e. The van der Waals surface area contributed by atoms with E-state index in [0.29, 0.717) is 30.8 Å². The van der Waals surface area contributed by atoms with E-state index < -0.39 is 6.04 Å². The van der Waals surface area contributed by atoms with E-state index in [9.17, 15) is 14.0 Å². The fourth-order valence-corrected chi connectivity index (χ4v) is 3.64. The highest BCUT2D eigenvalue weighted by molar-refractivity contribution is 5.88. The third-order valence-electron chi connectivity index (χ3n) is 5.39. The number of nitrogens with one attached hydrogen (secondary N) is 2. The number of methoxy groups -OCH3 is 1. The molecule has 3 rings (SSSR count). The standard InChI is InChI=1S/C23H28FN3O3/c1-15-4-5-17(11-19(15)24)13-26-22(28)12-20-23(29)25-8-9-27(20)14-18-6-7-21(30-3)16(2)10-18/h4-7,10-11,20H,8-9,12-14H2,1-3H3,(H,25,29)(H,26,28). The highest BCUT2D eigenvalue weighted by Crippen LogP contribution is 2.21. The van der Waals surface area contributed by atoms with Gasteiger partial charge in [-0.25, -0.2) is 4.39 Å². The van der Waals surface area contributed by atoms with Crippen LogP contribution in [0.1, 0.15) is 28.7 Å². The summed E-state index contributed by atoms with van der Waals surface area (Å²) in [7, 11) is 1.64. The van der Waals surface area contributed by atoms with Gasteiger partial charge in [0.15, 0.2) is 0 Å². The molecule has 1 unspecified atom stereocenters. The maximum atomic E-state index is 13.7. The van der Waals surface area contributed by atoms with Crippen LogP contribution in [0.4, 0.5) is 4.39 Å². The lowest BCUT2D eigenvalue weighted by Crippen LogP contribution is -2.56. The van der Waals surface area contributed by atoms with Crippen molar-refractivity contribution >= 4 is 11.8 Å². The smallest absolute Gasteiger partial charge is 0.237 e. The Morgan fingerprint density at radius 3 is 2.67 bits per heavy atom. The summed E-state index contributed by atoms with van der Waals surface area (Å²) in [5, 5.41) is 5.63. The Hall–Kier alpha value is -2.93. The number of hydrogen-bond donors (Lipinski definition) is 2. The van der Waals surface area contributed by atoms with Crippen molar-refractivity contribution < 1.29 is 18.7 Å². The monoisotopic (exact) mass is 413 g/mol. The molecule has 7 heteroatoms. The van der Waals surface area contributed by atoms with E-state index in [1.165, 1.54) is 6.07 Å². The van der Waals surface area contributed by atoms with Crippen molar-refractivity contribution in [2.24, 2.45) is 0 Å². The number of benzene rings is 2. The van der Waals surface area contributed by atoms with Gasteiger partial charge in [-0.2, -0.15) is 0 Å². The second kappa shape index (κ2) is 9.71. The Kier molecular flexibility index (Phi) is 7.05. The molecule has 1 atom stereocenters. The van der Waals surface area contributed by atoms with Crippen molar-refractivity contribution in [2.45, 2.75) is 39.4 Å². The van der Waals surface area contributed by atoms with E-state index in [-0.39, 0.29) is 30.6 Å². The first-order valence-corrected chi connectivity index (χ1v) is 10.0. The van der Waals surface area contributed by atoms with E-state index in [4.69, 9.17) is 4.74 Å². The molecule has 160 valence electrons. The Morgan fingerprint density at radius 1 is 1.20 bits per heavy atom. The van der Waals surface area contributed by atoms with Gasteiger partial charge in [-0.05, 0) is 48.2 Å². The number of hydrogen-bond acceptors (Lipinski definition) is 4. The maximum absolute atomic E-state index is 13.7. The average Bonchev–Trinajstić information content (AvgIpc) is 2.71. The summed E-state index contributed by atoms with van der Waals surface area (Å²) in [5.41, 5.74) is 3.33. The van der Waals surface area contributed by atoms with Crippen LogP contribution in [0.3, 0.4) is 0 Å². The zero-order chi connectivity index (χ0) is 21.7. The van der Waals surface area contributed by atoms with Crippen molar-refractivity contribution in [3.8, 4) is 5.75 Å². The molecule has 2 amide bonds. The van der Waals surface area contributed by atoms with Crippen LogP contribution in [0.15, 0.2) is 36.4 Å². The number of nitrogens with zero attached hydrogens (tertiary/aromatic N) is 1. The topological polar surface area (TPSA) is 70.7 Å². The summed E-state index contributed by atoms with van der Waals surface area (Å²) in [6, 6.07) is 10.3. The molecule has 1 saturated heterocycles. The number of piperazine rings is 1. The first-order valence-electron chi connectivity index (χ1n) is 10.0. The van der Waals surface area contributed by atoms with Gasteiger partial charge in [0.25, 0.3) is 0 Å². The quantitative estimate of drug-likeness (QED) is 0.732. The lowest BCUT2D eigenvalue weighted by atomic mass is 10.0. The van der Waals surface area contributed by atoms with Gasteiger partial charge < -0.3 is 15.4 Å². The summed E-state index contributed by atoms with van der Waals surface area (Å²) >= 11 is 0. The number of rotatable bonds is 7. The van der Waals surface area contributed by atoms with E-state index in [1.54, 1.807) is 26.2 Å². The summed E-state index contributed by atoms with van der Waals surface area (Å²) in [6.07, 6.45) is 0.0509. The van der Waals surface area contributed by atoms with Crippen LogP contribution in [-0.2, 0) is 22.7 Å². The molecule has 1 aliphatic rings. The molecular weight excluding hydrogens is 385 g/mol. The molecule has 0 aliphatic carbocycles. The van der Waals surface area contributed by atoms with Crippen LogP contribution in [0.2, 0.25) is 0 Å². The molecule has 0 spiro atoms. The fourth-order valence-electron chi connectivity index (χ4n) is 3.64.